The topological polar surface area (TPSA) is 52.9 Å². The number of anilines is 1. The Morgan fingerprint density at radius 2 is 2.09 bits per heavy atom. The SMILES string of the molecule is Cc1ccccc1NC([NH])=O. The summed E-state index contributed by atoms with van der Waals surface area (Å²) in [6.07, 6.45) is 0. The lowest BCUT2D eigenvalue weighted by molar-refractivity contribution is 0.258. The van der Waals surface area contributed by atoms with Gasteiger partial charge in [0.2, 0.25) is 0 Å². The molecule has 2 amide bonds. The zero-order valence-electron chi connectivity index (χ0n) is 6.22. The number of urea groups is 1. The maximum atomic E-state index is 10.3. The van der Waals surface area contributed by atoms with Crippen LogP contribution in [0, 0.1) is 6.92 Å². The Hall–Kier alpha value is -1.51. The second-order valence-electron chi connectivity index (χ2n) is 2.27. The fraction of sp³-hybridized carbons (Fsp3) is 0.125. The first-order valence-corrected chi connectivity index (χ1v) is 3.28. The number of benzene rings is 1. The molecule has 3 nitrogen and oxygen atoms in total. The van der Waals surface area contributed by atoms with Crippen molar-refractivity contribution >= 4 is 11.7 Å². The van der Waals surface area contributed by atoms with Crippen molar-refractivity contribution in [1.82, 2.24) is 5.73 Å². The Labute approximate surface area is 65.2 Å². The van der Waals surface area contributed by atoms with Gasteiger partial charge < -0.3 is 5.32 Å². The summed E-state index contributed by atoms with van der Waals surface area (Å²) in [4.78, 5) is 10.3. The lowest BCUT2D eigenvalue weighted by atomic mass is 10.2. The molecule has 57 valence electrons. The number of amides is 2. The van der Waals surface area contributed by atoms with Gasteiger partial charge in [0.15, 0.2) is 0 Å². The van der Waals surface area contributed by atoms with Crippen LogP contribution >= 0.6 is 0 Å². The van der Waals surface area contributed by atoms with Gasteiger partial charge in [0.25, 0.3) is 0 Å². The maximum absolute atomic E-state index is 10.3. The van der Waals surface area contributed by atoms with Crippen LogP contribution in [0.25, 0.3) is 0 Å². The summed E-state index contributed by atoms with van der Waals surface area (Å²) in [6, 6.07) is 6.57. The highest BCUT2D eigenvalue weighted by molar-refractivity contribution is 5.87. The molecular formula is C8H9N2O. The summed E-state index contributed by atoms with van der Waals surface area (Å²) in [7, 11) is 0. The van der Waals surface area contributed by atoms with E-state index in [1.807, 2.05) is 25.1 Å². The number of para-hydroxylation sites is 1. The number of aryl methyl sites for hydroxylation is 1. The highest BCUT2D eigenvalue weighted by Crippen LogP contribution is 2.12. The quantitative estimate of drug-likeness (QED) is 0.650. The normalized spacial score (nSPS) is 9.18. The van der Waals surface area contributed by atoms with E-state index in [9.17, 15) is 4.79 Å². The van der Waals surface area contributed by atoms with E-state index in [4.69, 9.17) is 5.73 Å². The van der Waals surface area contributed by atoms with Crippen LogP contribution in [-0.2, 0) is 0 Å². The Kier molecular flexibility index (Phi) is 2.11. The molecule has 0 heterocycles. The molecule has 0 aliphatic rings. The lowest BCUT2D eigenvalue weighted by Crippen LogP contribution is -2.10. The monoisotopic (exact) mass is 149 g/mol. The lowest BCUT2D eigenvalue weighted by Gasteiger charge is -2.02. The van der Waals surface area contributed by atoms with Crippen LogP contribution in [0.15, 0.2) is 24.3 Å². The average molecular weight is 149 g/mol. The van der Waals surface area contributed by atoms with Gasteiger partial charge in [-0.3, -0.25) is 0 Å². The molecule has 1 aromatic carbocycles. The van der Waals surface area contributed by atoms with Gasteiger partial charge in [0.05, 0.1) is 0 Å². The molecule has 0 unspecified atom stereocenters. The van der Waals surface area contributed by atoms with E-state index in [2.05, 4.69) is 5.32 Å². The first kappa shape index (κ1) is 7.60. The minimum atomic E-state index is -0.778. The van der Waals surface area contributed by atoms with Crippen LogP contribution in [0.3, 0.4) is 0 Å². The largest absolute Gasteiger partial charge is 0.337 e. The van der Waals surface area contributed by atoms with Gasteiger partial charge in [0.1, 0.15) is 0 Å². The highest BCUT2D eigenvalue weighted by Gasteiger charge is 1.97. The predicted molar refractivity (Wildman–Crippen MR) is 43.3 cm³/mol. The fourth-order valence-electron chi connectivity index (χ4n) is 0.835. The molecule has 0 saturated heterocycles. The first-order valence-electron chi connectivity index (χ1n) is 3.28. The third-order valence-electron chi connectivity index (χ3n) is 1.39. The number of nitrogens with one attached hydrogen (secondary N) is 2. The molecule has 1 rings (SSSR count). The summed E-state index contributed by atoms with van der Waals surface area (Å²) in [5.74, 6) is 0. The number of rotatable bonds is 1. The van der Waals surface area contributed by atoms with Crippen molar-refractivity contribution in [1.29, 1.82) is 0 Å². The van der Waals surface area contributed by atoms with Crippen molar-refractivity contribution in [2.24, 2.45) is 0 Å². The van der Waals surface area contributed by atoms with E-state index in [0.29, 0.717) is 5.69 Å². The van der Waals surface area contributed by atoms with E-state index in [1.165, 1.54) is 0 Å². The summed E-state index contributed by atoms with van der Waals surface area (Å²) >= 11 is 0. The van der Waals surface area contributed by atoms with Gasteiger partial charge >= 0.3 is 6.03 Å². The molecule has 11 heavy (non-hydrogen) atoms. The third-order valence-corrected chi connectivity index (χ3v) is 1.39. The van der Waals surface area contributed by atoms with Crippen LogP contribution in [0.5, 0.6) is 0 Å². The Morgan fingerprint density at radius 3 is 2.64 bits per heavy atom. The Morgan fingerprint density at radius 1 is 1.45 bits per heavy atom. The van der Waals surface area contributed by atoms with Crippen molar-refractivity contribution in [3.05, 3.63) is 29.8 Å². The van der Waals surface area contributed by atoms with Gasteiger partial charge in [0, 0.05) is 5.69 Å². The van der Waals surface area contributed by atoms with E-state index in [1.54, 1.807) is 6.07 Å². The molecule has 2 N–H and O–H groups in total. The smallest absolute Gasteiger partial charge is 0.306 e. The van der Waals surface area contributed by atoms with Crippen LogP contribution in [-0.4, -0.2) is 6.03 Å². The summed E-state index contributed by atoms with van der Waals surface area (Å²) in [6.45, 7) is 1.88. The van der Waals surface area contributed by atoms with E-state index in [-0.39, 0.29) is 0 Å². The van der Waals surface area contributed by atoms with Gasteiger partial charge in [-0.05, 0) is 18.6 Å². The second-order valence-corrected chi connectivity index (χ2v) is 2.27. The third kappa shape index (κ3) is 1.97. The van der Waals surface area contributed by atoms with Crippen LogP contribution in [0.4, 0.5) is 10.5 Å². The number of carbonyl (C=O) groups is 1. The molecule has 0 aliphatic heterocycles. The number of carbonyl (C=O) groups excluding carboxylic acids is 1. The van der Waals surface area contributed by atoms with E-state index in [0.717, 1.165) is 5.56 Å². The molecule has 0 aromatic heterocycles. The van der Waals surface area contributed by atoms with E-state index < -0.39 is 6.03 Å². The molecule has 3 heteroatoms. The minimum Gasteiger partial charge on any atom is -0.306 e. The van der Waals surface area contributed by atoms with Crippen molar-refractivity contribution in [3.63, 3.8) is 0 Å². The van der Waals surface area contributed by atoms with Crippen LogP contribution < -0.4 is 11.1 Å². The van der Waals surface area contributed by atoms with Crippen molar-refractivity contribution in [2.45, 2.75) is 6.92 Å². The van der Waals surface area contributed by atoms with Gasteiger partial charge in [-0.2, -0.15) is 0 Å². The molecule has 1 aromatic rings. The zero-order chi connectivity index (χ0) is 8.27. The number of hydrogen-bond acceptors (Lipinski definition) is 1. The van der Waals surface area contributed by atoms with Crippen LogP contribution in [0.2, 0.25) is 0 Å². The second kappa shape index (κ2) is 3.05. The number of hydrogen-bond donors (Lipinski definition) is 1. The molecule has 0 saturated carbocycles. The summed E-state index contributed by atoms with van der Waals surface area (Å²) in [5, 5.41) is 2.40. The van der Waals surface area contributed by atoms with Crippen molar-refractivity contribution in [3.8, 4) is 0 Å². The van der Waals surface area contributed by atoms with E-state index >= 15 is 0 Å². The molecule has 0 fully saturated rings. The molecular weight excluding hydrogens is 140 g/mol. The van der Waals surface area contributed by atoms with Crippen LogP contribution in [0.1, 0.15) is 5.56 Å². The Balaban J connectivity index is 2.86. The van der Waals surface area contributed by atoms with Gasteiger partial charge in [-0.25, -0.2) is 10.5 Å². The zero-order valence-corrected chi connectivity index (χ0v) is 6.22. The molecule has 0 atom stereocenters. The standard InChI is InChI=1S/C8H9N2O/c1-6-4-2-3-5-7(6)10-8(9)11/h2-5,9H,1H3,(H,10,11). The molecule has 0 spiro atoms. The molecule has 1 radical (unpaired) electrons. The molecule has 0 aliphatic carbocycles. The van der Waals surface area contributed by atoms with Gasteiger partial charge in [-0.1, -0.05) is 18.2 Å². The summed E-state index contributed by atoms with van der Waals surface area (Å²) < 4.78 is 0. The van der Waals surface area contributed by atoms with Crippen molar-refractivity contribution < 1.29 is 4.79 Å². The van der Waals surface area contributed by atoms with Crippen molar-refractivity contribution in [2.75, 3.05) is 5.32 Å². The highest BCUT2D eigenvalue weighted by atomic mass is 16.2. The predicted octanol–water partition coefficient (Wildman–Crippen LogP) is 1.81. The average Bonchev–Trinajstić information content (AvgIpc) is 1.93. The minimum absolute atomic E-state index is 0.701. The Bertz CT molecular complexity index is 271. The first-order chi connectivity index (χ1) is 5.20. The fourth-order valence-corrected chi connectivity index (χ4v) is 0.835. The summed E-state index contributed by atoms with van der Waals surface area (Å²) in [5.41, 5.74) is 8.33. The van der Waals surface area contributed by atoms with Gasteiger partial charge in [-0.15, -0.1) is 0 Å². The maximum Gasteiger partial charge on any atom is 0.337 e. The molecule has 0 bridgehead atoms.